The van der Waals surface area contributed by atoms with E-state index in [9.17, 15) is 9.59 Å². The second kappa shape index (κ2) is 5.00. The predicted octanol–water partition coefficient (Wildman–Crippen LogP) is 0.646. The second-order valence-electron chi connectivity index (χ2n) is 4.14. The highest BCUT2D eigenvalue weighted by atomic mass is 16.5. The first-order valence-corrected chi connectivity index (χ1v) is 5.19. The molecule has 0 aliphatic heterocycles. The van der Waals surface area contributed by atoms with E-state index in [0.29, 0.717) is 0 Å². The molecule has 15 heavy (non-hydrogen) atoms. The van der Waals surface area contributed by atoms with Crippen molar-refractivity contribution in [2.75, 3.05) is 7.11 Å². The van der Waals surface area contributed by atoms with E-state index in [1.165, 1.54) is 7.11 Å². The topological polar surface area (TPSA) is 67.4 Å². The zero-order valence-corrected chi connectivity index (χ0v) is 9.37. The summed E-state index contributed by atoms with van der Waals surface area (Å²) in [5, 5.41) is 5.37. The smallest absolute Gasteiger partial charge is 0.328 e. The van der Waals surface area contributed by atoms with E-state index in [4.69, 9.17) is 0 Å². The van der Waals surface area contributed by atoms with Crippen molar-refractivity contribution in [2.45, 2.75) is 38.8 Å². The van der Waals surface area contributed by atoms with E-state index < -0.39 is 12.0 Å². The summed E-state index contributed by atoms with van der Waals surface area (Å²) in [5.74, 6) is -0.390. The number of esters is 1. The number of carbonyl (C=O) groups is 2. The molecule has 0 heterocycles. The van der Waals surface area contributed by atoms with Crippen molar-refractivity contribution >= 4 is 12.0 Å². The number of nitrogens with one attached hydrogen (secondary N) is 2. The summed E-state index contributed by atoms with van der Waals surface area (Å²) in [6, 6.07) is -0.578. The van der Waals surface area contributed by atoms with E-state index >= 15 is 0 Å². The van der Waals surface area contributed by atoms with E-state index in [0.717, 1.165) is 12.8 Å². The third-order valence-electron chi connectivity index (χ3n) is 2.32. The number of hydrogen-bond donors (Lipinski definition) is 2. The quantitative estimate of drug-likeness (QED) is 0.675. The maximum atomic E-state index is 11.4. The lowest BCUT2D eigenvalue weighted by molar-refractivity contribution is -0.143. The molecular formula is C10H18N2O3. The van der Waals surface area contributed by atoms with E-state index in [1.54, 1.807) is 0 Å². The van der Waals surface area contributed by atoms with Crippen LogP contribution in [0.4, 0.5) is 4.79 Å². The van der Waals surface area contributed by atoms with Crippen LogP contribution in [-0.2, 0) is 9.53 Å². The Labute approximate surface area is 89.6 Å². The molecule has 0 aromatic rings. The van der Waals surface area contributed by atoms with Gasteiger partial charge in [-0.15, -0.1) is 0 Å². The maximum Gasteiger partial charge on any atom is 0.328 e. The Morgan fingerprint density at radius 3 is 2.33 bits per heavy atom. The third kappa shape index (κ3) is 3.77. The number of methoxy groups -OCH3 is 1. The molecule has 0 bridgehead atoms. The lowest BCUT2D eigenvalue weighted by atomic mass is 10.1. The monoisotopic (exact) mass is 214 g/mol. The van der Waals surface area contributed by atoms with Crippen molar-refractivity contribution in [3.8, 4) is 0 Å². The number of amides is 2. The van der Waals surface area contributed by atoms with Crippen molar-refractivity contribution < 1.29 is 14.3 Å². The third-order valence-corrected chi connectivity index (χ3v) is 2.32. The molecule has 0 unspecified atom stereocenters. The largest absolute Gasteiger partial charge is 0.467 e. The molecule has 5 nitrogen and oxygen atoms in total. The lowest BCUT2D eigenvalue weighted by Crippen LogP contribution is -2.49. The van der Waals surface area contributed by atoms with E-state index in [2.05, 4.69) is 15.4 Å². The minimum atomic E-state index is -0.575. The molecule has 1 fully saturated rings. The fourth-order valence-corrected chi connectivity index (χ4v) is 1.22. The average molecular weight is 214 g/mol. The molecule has 0 saturated heterocycles. The van der Waals surface area contributed by atoms with Gasteiger partial charge in [0.15, 0.2) is 0 Å². The van der Waals surface area contributed by atoms with Gasteiger partial charge in [-0.2, -0.15) is 0 Å². The van der Waals surface area contributed by atoms with Crippen LogP contribution < -0.4 is 10.6 Å². The summed E-state index contributed by atoms with van der Waals surface area (Å²) in [6.07, 6.45) is 2.05. The van der Waals surface area contributed by atoms with Crippen molar-refractivity contribution in [2.24, 2.45) is 5.92 Å². The van der Waals surface area contributed by atoms with E-state index in [-0.39, 0.29) is 18.0 Å². The van der Waals surface area contributed by atoms with Gasteiger partial charge in [-0.25, -0.2) is 9.59 Å². The van der Waals surface area contributed by atoms with Gasteiger partial charge in [-0.05, 0) is 18.8 Å². The standard InChI is InChI=1S/C10H18N2O3/c1-6(2)8(9(13)15-3)12-10(14)11-7-4-5-7/h6-8H,4-5H2,1-3H3,(H2,11,12,14)/t8-/m0/s1. The SMILES string of the molecule is COC(=O)[C@@H](NC(=O)NC1CC1)C(C)C. The zero-order chi connectivity index (χ0) is 11.4. The molecule has 2 amide bonds. The molecule has 2 N–H and O–H groups in total. The molecule has 0 aromatic heterocycles. The lowest BCUT2D eigenvalue weighted by Gasteiger charge is -2.19. The Hall–Kier alpha value is -1.26. The molecule has 1 rings (SSSR count). The van der Waals surface area contributed by atoms with Crippen molar-refractivity contribution in [3.63, 3.8) is 0 Å². The van der Waals surface area contributed by atoms with Crippen molar-refractivity contribution in [1.82, 2.24) is 10.6 Å². The van der Waals surface area contributed by atoms with Crippen molar-refractivity contribution in [3.05, 3.63) is 0 Å². The van der Waals surface area contributed by atoms with Gasteiger partial charge in [0.05, 0.1) is 7.11 Å². The van der Waals surface area contributed by atoms with Crippen LogP contribution in [0.25, 0.3) is 0 Å². The highest BCUT2D eigenvalue weighted by molar-refractivity contribution is 5.83. The minimum Gasteiger partial charge on any atom is -0.467 e. The molecule has 1 atom stereocenters. The van der Waals surface area contributed by atoms with Crippen LogP contribution in [0.2, 0.25) is 0 Å². The van der Waals surface area contributed by atoms with Gasteiger partial charge in [-0.3, -0.25) is 0 Å². The maximum absolute atomic E-state index is 11.4. The number of ether oxygens (including phenoxy) is 1. The van der Waals surface area contributed by atoms with Gasteiger partial charge in [0.2, 0.25) is 0 Å². The molecule has 5 heteroatoms. The fraction of sp³-hybridized carbons (Fsp3) is 0.800. The molecule has 1 saturated carbocycles. The zero-order valence-electron chi connectivity index (χ0n) is 9.37. The Balaban J connectivity index is 2.41. The Morgan fingerprint density at radius 2 is 1.93 bits per heavy atom. The van der Waals surface area contributed by atoms with Crippen molar-refractivity contribution in [1.29, 1.82) is 0 Å². The highest BCUT2D eigenvalue weighted by Gasteiger charge is 2.28. The van der Waals surface area contributed by atoms with Gasteiger partial charge >= 0.3 is 12.0 Å². The van der Waals surface area contributed by atoms with Gasteiger partial charge in [0.1, 0.15) is 6.04 Å². The Bertz CT molecular complexity index is 249. The fourth-order valence-electron chi connectivity index (χ4n) is 1.22. The molecule has 0 radical (unpaired) electrons. The highest BCUT2D eigenvalue weighted by Crippen LogP contribution is 2.18. The summed E-state index contributed by atoms with van der Waals surface area (Å²) in [6.45, 7) is 3.72. The van der Waals surface area contributed by atoms with Crippen LogP contribution in [0.15, 0.2) is 0 Å². The summed E-state index contributed by atoms with van der Waals surface area (Å²) in [5.41, 5.74) is 0. The molecular weight excluding hydrogens is 196 g/mol. The Morgan fingerprint density at radius 1 is 1.33 bits per heavy atom. The predicted molar refractivity (Wildman–Crippen MR) is 55.3 cm³/mol. The van der Waals surface area contributed by atoms with Crippen LogP contribution in [0.3, 0.4) is 0 Å². The molecule has 0 spiro atoms. The number of hydrogen-bond acceptors (Lipinski definition) is 3. The van der Waals surface area contributed by atoms with Gasteiger partial charge < -0.3 is 15.4 Å². The van der Waals surface area contributed by atoms with Gasteiger partial charge in [0, 0.05) is 6.04 Å². The molecule has 1 aliphatic rings. The normalized spacial score (nSPS) is 17.1. The second-order valence-corrected chi connectivity index (χ2v) is 4.14. The summed E-state index contributed by atoms with van der Waals surface area (Å²) >= 11 is 0. The summed E-state index contributed by atoms with van der Waals surface area (Å²) < 4.78 is 4.61. The summed E-state index contributed by atoms with van der Waals surface area (Å²) in [7, 11) is 1.32. The number of carbonyl (C=O) groups excluding carboxylic acids is 2. The van der Waals surface area contributed by atoms with Gasteiger partial charge in [-0.1, -0.05) is 13.8 Å². The average Bonchev–Trinajstić information content (AvgIpc) is 2.96. The van der Waals surface area contributed by atoms with Crippen LogP contribution in [-0.4, -0.2) is 31.2 Å². The first-order valence-electron chi connectivity index (χ1n) is 5.19. The molecule has 86 valence electrons. The molecule has 1 aliphatic carbocycles. The van der Waals surface area contributed by atoms with Gasteiger partial charge in [0.25, 0.3) is 0 Å². The van der Waals surface area contributed by atoms with E-state index in [1.807, 2.05) is 13.8 Å². The van der Waals surface area contributed by atoms with Crippen LogP contribution >= 0.6 is 0 Å². The first kappa shape index (κ1) is 11.8. The number of rotatable bonds is 4. The first-order chi connectivity index (χ1) is 7.04. The number of urea groups is 1. The minimum absolute atomic E-state index is 0.0161. The summed E-state index contributed by atoms with van der Waals surface area (Å²) in [4.78, 5) is 22.7. The van der Waals surface area contributed by atoms with Crippen LogP contribution in [0.5, 0.6) is 0 Å². The van der Waals surface area contributed by atoms with Crippen LogP contribution in [0, 0.1) is 5.92 Å². The van der Waals surface area contributed by atoms with Crippen LogP contribution in [0.1, 0.15) is 26.7 Å². The Kier molecular flexibility index (Phi) is 3.94. The molecule has 0 aromatic carbocycles.